The minimum absolute atomic E-state index is 0.136. The van der Waals surface area contributed by atoms with Crippen molar-refractivity contribution in [3.05, 3.63) is 30.1 Å². The van der Waals surface area contributed by atoms with Gasteiger partial charge in [0.2, 0.25) is 5.91 Å². The lowest BCUT2D eigenvalue weighted by molar-refractivity contribution is -0.148. The topological polar surface area (TPSA) is 70.5 Å². The second-order valence-corrected chi connectivity index (χ2v) is 4.12. The van der Waals surface area contributed by atoms with Crippen LogP contribution in [0.2, 0.25) is 0 Å². The van der Waals surface area contributed by atoms with Crippen LogP contribution in [0.4, 0.5) is 0 Å². The van der Waals surface area contributed by atoms with Crippen LogP contribution in [0.25, 0.3) is 0 Å². The molecule has 1 aromatic heterocycles. The summed E-state index contributed by atoms with van der Waals surface area (Å²) in [6.07, 6.45) is 4.80. The second-order valence-electron chi connectivity index (χ2n) is 4.12. The van der Waals surface area contributed by atoms with Gasteiger partial charge in [-0.1, -0.05) is 6.07 Å². The van der Waals surface area contributed by atoms with Gasteiger partial charge in [0.15, 0.2) is 0 Å². The van der Waals surface area contributed by atoms with E-state index < -0.39 is 12.0 Å². The Bertz CT molecular complexity index is 419. The maximum Gasteiger partial charge on any atom is 0.326 e. The standard InChI is InChI=1S/C12H14N2O3/c15-11(7-9-3-1-5-13-8-9)14-6-2-4-10(14)12(16)17/h1,3,5,8,10H,2,4,6-7H2,(H,16,17)/t10-/m0/s1. The molecule has 0 spiro atoms. The number of hydrogen-bond acceptors (Lipinski definition) is 3. The highest BCUT2D eigenvalue weighted by Crippen LogP contribution is 2.18. The Hall–Kier alpha value is -1.91. The lowest BCUT2D eigenvalue weighted by Crippen LogP contribution is -2.41. The van der Waals surface area contributed by atoms with E-state index in [-0.39, 0.29) is 12.3 Å². The van der Waals surface area contributed by atoms with Gasteiger partial charge in [-0.25, -0.2) is 4.79 Å². The molecule has 1 aliphatic heterocycles. The Morgan fingerprint density at radius 2 is 2.35 bits per heavy atom. The molecular formula is C12H14N2O3. The number of aliphatic carboxylic acids is 1. The van der Waals surface area contributed by atoms with Gasteiger partial charge < -0.3 is 10.0 Å². The average Bonchev–Trinajstić information content (AvgIpc) is 2.79. The Morgan fingerprint density at radius 1 is 1.53 bits per heavy atom. The molecular weight excluding hydrogens is 220 g/mol. The molecule has 0 saturated carbocycles. The number of pyridine rings is 1. The first-order valence-corrected chi connectivity index (χ1v) is 5.59. The third kappa shape index (κ3) is 2.61. The van der Waals surface area contributed by atoms with Crippen LogP contribution < -0.4 is 0 Å². The summed E-state index contributed by atoms with van der Waals surface area (Å²) in [5.74, 6) is -1.05. The van der Waals surface area contributed by atoms with Crippen molar-refractivity contribution < 1.29 is 14.7 Å². The van der Waals surface area contributed by atoms with Crippen molar-refractivity contribution in [1.29, 1.82) is 0 Å². The van der Waals surface area contributed by atoms with Crippen LogP contribution in [0, 0.1) is 0 Å². The van der Waals surface area contributed by atoms with E-state index in [1.54, 1.807) is 18.5 Å². The highest BCUT2D eigenvalue weighted by atomic mass is 16.4. The van der Waals surface area contributed by atoms with Crippen LogP contribution in [-0.4, -0.2) is 39.5 Å². The summed E-state index contributed by atoms with van der Waals surface area (Å²) < 4.78 is 0. The van der Waals surface area contributed by atoms with Gasteiger partial charge >= 0.3 is 5.97 Å². The number of carbonyl (C=O) groups excluding carboxylic acids is 1. The normalized spacial score (nSPS) is 19.3. The zero-order chi connectivity index (χ0) is 12.3. The summed E-state index contributed by atoms with van der Waals surface area (Å²) in [5, 5.41) is 8.99. The first-order chi connectivity index (χ1) is 8.18. The predicted molar refractivity (Wildman–Crippen MR) is 60.3 cm³/mol. The van der Waals surface area contributed by atoms with Crippen LogP contribution in [0.1, 0.15) is 18.4 Å². The smallest absolute Gasteiger partial charge is 0.326 e. The van der Waals surface area contributed by atoms with Gasteiger partial charge in [-0.05, 0) is 24.5 Å². The van der Waals surface area contributed by atoms with E-state index in [4.69, 9.17) is 5.11 Å². The number of aromatic nitrogens is 1. The fourth-order valence-electron chi connectivity index (χ4n) is 2.10. The quantitative estimate of drug-likeness (QED) is 0.835. The summed E-state index contributed by atoms with van der Waals surface area (Å²) in [6, 6.07) is 2.93. The molecule has 1 N–H and O–H groups in total. The lowest BCUT2D eigenvalue weighted by Gasteiger charge is -2.21. The molecule has 0 aromatic carbocycles. The molecule has 1 atom stereocenters. The second kappa shape index (κ2) is 4.95. The van der Waals surface area contributed by atoms with Crippen molar-refractivity contribution in [2.75, 3.05) is 6.54 Å². The van der Waals surface area contributed by atoms with Crippen molar-refractivity contribution in [2.24, 2.45) is 0 Å². The first-order valence-electron chi connectivity index (χ1n) is 5.59. The first kappa shape index (κ1) is 11.6. The van der Waals surface area contributed by atoms with Crippen molar-refractivity contribution in [1.82, 2.24) is 9.88 Å². The molecule has 0 unspecified atom stereocenters. The van der Waals surface area contributed by atoms with Gasteiger partial charge in [0.1, 0.15) is 6.04 Å². The largest absolute Gasteiger partial charge is 0.480 e. The van der Waals surface area contributed by atoms with Gasteiger partial charge in [-0.3, -0.25) is 9.78 Å². The number of likely N-dealkylation sites (tertiary alicyclic amines) is 1. The number of carboxylic acids is 1. The highest BCUT2D eigenvalue weighted by Gasteiger charge is 2.33. The van der Waals surface area contributed by atoms with E-state index in [0.29, 0.717) is 13.0 Å². The van der Waals surface area contributed by atoms with E-state index in [1.165, 1.54) is 4.90 Å². The van der Waals surface area contributed by atoms with E-state index in [9.17, 15) is 9.59 Å². The van der Waals surface area contributed by atoms with Gasteiger partial charge in [0.25, 0.3) is 0 Å². The summed E-state index contributed by atoms with van der Waals surface area (Å²) >= 11 is 0. The van der Waals surface area contributed by atoms with E-state index in [0.717, 1.165) is 12.0 Å². The molecule has 1 saturated heterocycles. The van der Waals surface area contributed by atoms with Crippen LogP contribution in [-0.2, 0) is 16.0 Å². The molecule has 1 aromatic rings. The molecule has 1 fully saturated rings. The van der Waals surface area contributed by atoms with Gasteiger partial charge in [-0.2, -0.15) is 0 Å². The number of nitrogens with zero attached hydrogens (tertiary/aromatic N) is 2. The van der Waals surface area contributed by atoms with Gasteiger partial charge in [-0.15, -0.1) is 0 Å². The van der Waals surface area contributed by atoms with Crippen LogP contribution in [0.15, 0.2) is 24.5 Å². The molecule has 0 bridgehead atoms. The Labute approximate surface area is 99.1 Å². The molecule has 0 aliphatic carbocycles. The summed E-state index contributed by atoms with van der Waals surface area (Å²) in [7, 11) is 0. The van der Waals surface area contributed by atoms with Crippen LogP contribution >= 0.6 is 0 Å². The number of hydrogen-bond donors (Lipinski definition) is 1. The zero-order valence-electron chi connectivity index (χ0n) is 9.37. The van der Waals surface area contributed by atoms with Gasteiger partial charge in [0, 0.05) is 18.9 Å². The number of amides is 1. The summed E-state index contributed by atoms with van der Waals surface area (Å²) in [5.41, 5.74) is 0.813. The fraction of sp³-hybridized carbons (Fsp3) is 0.417. The number of carbonyl (C=O) groups is 2. The Balaban J connectivity index is 2.03. The molecule has 1 aliphatic rings. The fourth-order valence-corrected chi connectivity index (χ4v) is 2.10. The van der Waals surface area contributed by atoms with E-state index in [1.807, 2.05) is 6.07 Å². The molecule has 2 heterocycles. The van der Waals surface area contributed by atoms with Crippen molar-refractivity contribution in [3.63, 3.8) is 0 Å². The molecule has 90 valence electrons. The minimum atomic E-state index is -0.915. The maximum absolute atomic E-state index is 12.0. The molecule has 17 heavy (non-hydrogen) atoms. The monoisotopic (exact) mass is 234 g/mol. The molecule has 1 amide bonds. The number of rotatable bonds is 3. The maximum atomic E-state index is 12.0. The van der Waals surface area contributed by atoms with E-state index in [2.05, 4.69) is 4.98 Å². The highest BCUT2D eigenvalue weighted by molar-refractivity contribution is 5.85. The third-order valence-electron chi connectivity index (χ3n) is 2.94. The van der Waals surface area contributed by atoms with Crippen LogP contribution in [0.3, 0.4) is 0 Å². The molecule has 0 radical (unpaired) electrons. The van der Waals surface area contributed by atoms with Crippen molar-refractivity contribution in [2.45, 2.75) is 25.3 Å². The summed E-state index contributed by atoms with van der Waals surface area (Å²) in [4.78, 5) is 28.3. The summed E-state index contributed by atoms with van der Waals surface area (Å²) in [6.45, 7) is 0.538. The molecule has 2 rings (SSSR count). The Morgan fingerprint density at radius 3 is 3.00 bits per heavy atom. The third-order valence-corrected chi connectivity index (χ3v) is 2.94. The molecule has 5 heteroatoms. The SMILES string of the molecule is O=C(O)[C@@H]1CCCN1C(=O)Cc1cccnc1. The average molecular weight is 234 g/mol. The minimum Gasteiger partial charge on any atom is -0.480 e. The lowest BCUT2D eigenvalue weighted by atomic mass is 10.1. The van der Waals surface area contributed by atoms with Crippen molar-refractivity contribution in [3.8, 4) is 0 Å². The molecule has 5 nitrogen and oxygen atoms in total. The van der Waals surface area contributed by atoms with Crippen LogP contribution in [0.5, 0.6) is 0 Å². The zero-order valence-corrected chi connectivity index (χ0v) is 9.37. The van der Waals surface area contributed by atoms with Crippen molar-refractivity contribution >= 4 is 11.9 Å². The predicted octanol–water partition coefficient (Wildman–Crippen LogP) is 0.700. The Kier molecular flexibility index (Phi) is 3.37. The van der Waals surface area contributed by atoms with Gasteiger partial charge in [0.05, 0.1) is 6.42 Å². The number of carboxylic acid groups (broad SMARTS) is 1. The van der Waals surface area contributed by atoms with E-state index >= 15 is 0 Å².